The van der Waals surface area contributed by atoms with Crippen LogP contribution >= 0.6 is 85.5 Å². The zero-order valence-corrected chi connectivity index (χ0v) is 37.5. The van der Waals surface area contributed by atoms with Crippen molar-refractivity contribution in [3.8, 4) is 0 Å². The SMILES string of the molecule is Brc1ccccc1I.CB(O)N1CCNCC1.CI.Cc1ccc(S)c(C)c1.Cc1ccc(Sc2ccccc2N2CCCCC2)c(C)c1. The summed E-state index contributed by atoms with van der Waals surface area (Å²) in [5.74, 6) is 0. The van der Waals surface area contributed by atoms with E-state index in [4.69, 9.17) is 5.02 Å². The molecule has 2 aliphatic rings. The number of halogens is 3. The summed E-state index contributed by atoms with van der Waals surface area (Å²) >= 11 is 14.0. The molecule has 2 aliphatic heterocycles. The number of anilines is 1. The number of piperidine rings is 1. The van der Waals surface area contributed by atoms with Gasteiger partial charge in [0, 0.05) is 62.0 Å². The number of piperazine rings is 1. The van der Waals surface area contributed by atoms with Crippen LogP contribution in [0.4, 0.5) is 5.69 Å². The molecule has 266 valence electrons. The van der Waals surface area contributed by atoms with Crippen molar-refractivity contribution in [2.75, 3.05) is 49.1 Å². The number of alkyl halides is 1. The Morgan fingerprint density at radius 3 is 1.84 bits per heavy atom. The molecule has 0 atom stereocenters. The fourth-order valence-electron chi connectivity index (χ4n) is 5.27. The second-order valence-corrected chi connectivity index (χ2v) is 15.6. The molecule has 2 N–H and O–H groups in total. The molecule has 0 amide bonds. The average molecular weight is 989 g/mol. The molecule has 0 bridgehead atoms. The first-order valence-electron chi connectivity index (χ1n) is 16.8. The van der Waals surface area contributed by atoms with Gasteiger partial charge in [-0.15, -0.1) is 12.6 Å². The van der Waals surface area contributed by atoms with E-state index >= 15 is 0 Å². The number of benzene rings is 4. The van der Waals surface area contributed by atoms with E-state index in [0.29, 0.717) is 0 Å². The molecule has 10 heteroatoms. The van der Waals surface area contributed by atoms with E-state index in [2.05, 4.69) is 177 Å². The Kier molecular flexibility index (Phi) is 22.9. The fraction of sp³-hybridized carbons (Fsp3) is 0.385. The van der Waals surface area contributed by atoms with Gasteiger partial charge < -0.3 is 20.1 Å². The highest BCUT2D eigenvalue weighted by Crippen LogP contribution is 2.37. The standard InChI is InChI=1S/C19H23NS.C8H10S.C6H4BrI.C5H13BN2O.CH3I/c1-15-10-11-18(16(2)14-15)21-19-9-5-4-8-17(19)20-12-6-3-7-13-20;1-6-3-4-8(9)7(2)5-6;7-5-3-1-2-4-6(5)8;1-6(9)8-4-2-7-3-5-8;1-2/h4-5,8-11,14H,3,6-7,12-13H2,1-2H3;3-5,9H,1-2H3;1-4H;7,9H,2-5H2,1H3;1H3. The first-order valence-corrected chi connectivity index (χ1v) is 22.1. The van der Waals surface area contributed by atoms with Crippen LogP contribution in [-0.2, 0) is 0 Å². The Bertz CT molecular complexity index is 1500. The first kappa shape index (κ1) is 44.4. The quantitative estimate of drug-likeness (QED) is 0.0823. The number of nitrogens with zero attached hydrogens (tertiary/aromatic N) is 2. The van der Waals surface area contributed by atoms with Crippen molar-refractivity contribution < 1.29 is 5.02 Å². The number of nitrogens with one attached hydrogen (secondary N) is 1. The smallest absolute Gasteiger partial charge is 0.376 e. The number of hydrogen-bond donors (Lipinski definition) is 3. The van der Waals surface area contributed by atoms with Crippen molar-refractivity contribution in [1.29, 1.82) is 0 Å². The number of rotatable bonds is 4. The van der Waals surface area contributed by atoms with Crippen molar-refractivity contribution in [3.63, 3.8) is 0 Å². The average Bonchev–Trinajstić information content (AvgIpc) is 3.12. The monoisotopic (exact) mass is 987 g/mol. The van der Waals surface area contributed by atoms with Gasteiger partial charge in [0.25, 0.3) is 0 Å². The van der Waals surface area contributed by atoms with Gasteiger partial charge in [-0.05, 0) is 145 Å². The van der Waals surface area contributed by atoms with Gasteiger partial charge in [-0.2, -0.15) is 0 Å². The highest BCUT2D eigenvalue weighted by molar-refractivity contribution is 14.1. The fourth-order valence-corrected chi connectivity index (χ4v) is 7.12. The number of hydrogen-bond acceptors (Lipinski definition) is 6. The van der Waals surface area contributed by atoms with Crippen molar-refractivity contribution >= 4 is 98.2 Å². The van der Waals surface area contributed by atoms with Gasteiger partial charge in [0.05, 0.1) is 5.69 Å². The summed E-state index contributed by atoms with van der Waals surface area (Å²) in [4.78, 5) is 10.4. The lowest BCUT2D eigenvalue weighted by molar-refractivity contribution is 0.324. The molecule has 0 unspecified atom stereocenters. The minimum atomic E-state index is -0.271. The van der Waals surface area contributed by atoms with Crippen LogP contribution in [0.15, 0.2) is 104 Å². The molecule has 49 heavy (non-hydrogen) atoms. The maximum atomic E-state index is 9.08. The molecule has 2 heterocycles. The minimum Gasteiger partial charge on any atom is -0.437 e. The summed E-state index contributed by atoms with van der Waals surface area (Å²) < 4.78 is 2.42. The lowest BCUT2D eigenvalue weighted by Crippen LogP contribution is -2.49. The Morgan fingerprint density at radius 2 is 1.33 bits per heavy atom. The number of para-hydroxylation sites is 1. The predicted molar refractivity (Wildman–Crippen MR) is 241 cm³/mol. The summed E-state index contributed by atoms with van der Waals surface area (Å²) in [6, 6.07) is 29.9. The van der Waals surface area contributed by atoms with Crippen LogP contribution in [0.25, 0.3) is 0 Å². The molecule has 4 aromatic carbocycles. The minimum absolute atomic E-state index is 0.271. The van der Waals surface area contributed by atoms with Gasteiger partial charge in [0.2, 0.25) is 0 Å². The molecule has 6 rings (SSSR count). The zero-order chi connectivity index (χ0) is 36.2. The second-order valence-electron chi connectivity index (χ2n) is 12.0. The first-order chi connectivity index (χ1) is 23.5. The molecule has 0 saturated carbocycles. The van der Waals surface area contributed by atoms with E-state index in [9.17, 15) is 0 Å². The van der Waals surface area contributed by atoms with Gasteiger partial charge in [-0.1, -0.05) is 94.0 Å². The molecule has 0 radical (unpaired) electrons. The van der Waals surface area contributed by atoms with Crippen LogP contribution in [0.1, 0.15) is 41.5 Å². The van der Waals surface area contributed by atoms with Crippen molar-refractivity contribution in [2.24, 2.45) is 0 Å². The molecule has 2 fully saturated rings. The van der Waals surface area contributed by atoms with Crippen molar-refractivity contribution in [2.45, 2.75) is 68.5 Å². The van der Waals surface area contributed by atoms with E-state index in [0.717, 1.165) is 31.1 Å². The van der Waals surface area contributed by atoms with E-state index < -0.39 is 0 Å². The largest absolute Gasteiger partial charge is 0.437 e. The third-order valence-corrected chi connectivity index (χ3v) is 12.1. The van der Waals surface area contributed by atoms with Gasteiger partial charge in [-0.3, -0.25) is 0 Å². The zero-order valence-electron chi connectivity index (χ0n) is 29.9. The number of thiol groups is 1. The molecule has 0 aromatic heterocycles. The number of aryl methyl sites for hydroxylation is 4. The molecule has 4 aromatic rings. The third-order valence-electron chi connectivity index (χ3n) is 7.97. The lowest BCUT2D eigenvalue weighted by atomic mass is 9.84. The summed E-state index contributed by atoms with van der Waals surface area (Å²) in [6.07, 6.45) is 4.02. The van der Waals surface area contributed by atoms with E-state index in [-0.39, 0.29) is 7.05 Å². The maximum absolute atomic E-state index is 9.08. The lowest BCUT2D eigenvalue weighted by Gasteiger charge is -2.30. The maximum Gasteiger partial charge on any atom is 0.376 e. The van der Waals surface area contributed by atoms with Crippen LogP contribution in [0.2, 0.25) is 6.82 Å². The molecular weight excluding hydrogens is 935 g/mol. The van der Waals surface area contributed by atoms with Gasteiger partial charge in [0.1, 0.15) is 0 Å². The summed E-state index contributed by atoms with van der Waals surface area (Å²) in [6.45, 7) is 16.7. The second kappa shape index (κ2) is 25.3. The Labute approximate surface area is 343 Å². The Hall–Kier alpha value is -0.735. The molecule has 0 spiro atoms. The van der Waals surface area contributed by atoms with Crippen LogP contribution in [-0.4, -0.2) is 61.1 Å². The van der Waals surface area contributed by atoms with Crippen LogP contribution in [0, 0.1) is 31.3 Å². The summed E-state index contributed by atoms with van der Waals surface area (Å²) in [5.41, 5.74) is 6.65. The molecule has 2 saturated heterocycles. The van der Waals surface area contributed by atoms with E-state index in [1.807, 2.05) is 47.8 Å². The molecular formula is C39H53BBrI2N3OS2. The van der Waals surface area contributed by atoms with Crippen LogP contribution < -0.4 is 10.2 Å². The molecule has 4 nitrogen and oxygen atoms in total. The summed E-state index contributed by atoms with van der Waals surface area (Å²) in [5, 5.41) is 12.3. The Balaban J connectivity index is 0.000000248. The third kappa shape index (κ3) is 17.1. The van der Waals surface area contributed by atoms with Gasteiger partial charge >= 0.3 is 7.05 Å². The van der Waals surface area contributed by atoms with Crippen molar-refractivity contribution in [1.82, 2.24) is 10.1 Å². The van der Waals surface area contributed by atoms with Crippen molar-refractivity contribution in [3.05, 3.63) is 115 Å². The Morgan fingerprint density at radius 1 is 0.755 bits per heavy atom. The topological polar surface area (TPSA) is 38.7 Å². The van der Waals surface area contributed by atoms with E-state index in [1.54, 1.807) is 0 Å². The highest BCUT2D eigenvalue weighted by atomic mass is 127. The van der Waals surface area contributed by atoms with Gasteiger partial charge in [0.15, 0.2) is 0 Å². The summed E-state index contributed by atoms with van der Waals surface area (Å²) in [7, 11) is -0.271. The van der Waals surface area contributed by atoms with Gasteiger partial charge in [-0.25, -0.2) is 0 Å². The predicted octanol–water partition coefficient (Wildman–Crippen LogP) is 11.1. The van der Waals surface area contributed by atoms with Crippen LogP contribution in [0.3, 0.4) is 0 Å². The van der Waals surface area contributed by atoms with Crippen LogP contribution in [0.5, 0.6) is 0 Å². The highest BCUT2D eigenvalue weighted by Gasteiger charge is 2.17. The molecule has 0 aliphatic carbocycles. The van der Waals surface area contributed by atoms with E-state index in [1.165, 1.54) is 78.1 Å². The normalized spacial score (nSPS) is 14.0.